The molecule has 1 fully saturated rings. The molecule has 2 unspecified atom stereocenters. The van der Waals surface area contributed by atoms with Gasteiger partial charge in [0.25, 0.3) is 0 Å². The summed E-state index contributed by atoms with van der Waals surface area (Å²) in [7, 11) is 1.59. The molecule has 0 radical (unpaired) electrons. The van der Waals surface area contributed by atoms with Crippen molar-refractivity contribution in [3.05, 3.63) is 30.1 Å². The van der Waals surface area contributed by atoms with Crippen molar-refractivity contribution in [2.24, 2.45) is 5.73 Å². The Morgan fingerprint density at radius 2 is 2.32 bits per heavy atom. The minimum Gasteiger partial charge on any atom is -0.380 e. The largest absolute Gasteiger partial charge is 0.380 e. The molecular weight excluding hydrogens is 242 g/mol. The van der Waals surface area contributed by atoms with E-state index in [1.807, 2.05) is 17.0 Å². The van der Waals surface area contributed by atoms with Crippen molar-refractivity contribution in [2.45, 2.75) is 31.4 Å². The molecule has 2 atom stereocenters. The number of ether oxygens (including phenoxy) is 1. The van der Waals surface area contributed by atoms with Crippen LogP contribution in [0.15, 0.2) is 24.5 Å². The quantitative estimate of drug-likeness (QED) is 0.864. The number of methoxy groups -OCH3 is 1. The second-order valence-electron chi connectivity index (χ2n) is 4.82. The van der Waals surface area contributed by atoms with Crippen LogP contribution in [0.5, 0.6) is 0 Å². The predicted molar refractivity (Wildman–Crippen MR) is 72.4 cm³/mol. The lowest BCUT2D eigenvalue weighted by Gasteiger charge is -2.26. The highest BCUT2D eigenvalue weighted by atomic mass is 16.5. The van der Waals surface area contributed by atoms with E-state index in [0.717, 1.165) is 24.9 Å². The molecule has 1 aromatic rings. The lowest BCUT2D eigenvalue weighted by Crippen LogP contribution is -2.35. The third-order valence-corrected chi connectivity index (χ3v) is 3.66. The fourth-order valence-electron chi connectivity index (χ4n) is 2.57. The zero-order valence-electron chi connectivity index (χ0n) is 11.3. The van der Waals surface area contributed by atoms with Crippen LogP contribution in [0.25, 0.3) is 0 Å². The van der Waals surface area contributed by atoms with Crippen LogP contribution < -0.4 is 5.73 Å². The van der Waals surface area contributed by atoms with Gasteiger partial charge in [0.1, 0.15) is 0 Å². The van der Waals surface area contributed by atoms with Crippen LogP contribution in [-0.2, 0) is 9.53 Å². The van der Waals surface area contributed by atoms with E-state index in [0.29, 0.717) is 13.0 Å². The second kappa shape index (κ2) is 6.63. The van der Waals surface area contributed by atoms with Crippen LogP contribution in [0.2, 0.25) is 0 Å². The van der Waals surface area contributed by atoms with E-state index in [1.165, 1.54) is 0 Å². The number of hydrogen-bond acceptors (Lipinski definition) is 4. The Hall–Kier alpha value is -1.46. The highest BCUT2D eigenvalue weighted by Gasteiger charge is 2.30. The number of carbonyl (C=O) groups excluding carboxylic acids is 1. The Morgan fingerprint density at radius 1 is 1.58 bits per heavy atom. The number of nitrogens with two attached hydrogens (primary N) is 1. The minimum absolute atomic E-state index is 0.122. The summed E-state index contributed by atoms with van der Waals surface area (Å²) in [6.45, 7) is 1.18. The van der Waals surface area contributed by atoms with Crippen LogP contribution in [0.3, 0.4) is 0 Å². The van der Waals surface area contributed by atoms with E-state index in [1.54, 1.807) is 19.5 Å². The number of likely N-dealkylation sites (tertiary alicyclic amines) is 1. The van der Waals surface area contributed by atoms with Gasteiger partial charge in [0, 0.05) is 32.6 Å². The third kappa shape index (κ3) is 3.30. The second-order valence-corrected chi connectivity index (χ2v) is 4.82. The van der Waals surface area contributed by atoms with Gasteiger partial charge in [-0.3, -0.25) is 9.78 Å². The van der Waals surface area contributed by atoms with Gasteiger partial charge < -0.3 is 15.4 Å². The molecule has 0 aromatic carbocycles. The van der Waals surface area contributed by atoms with Crippen molar-refractivity contribution in [3.8, 4) is 0 Å². The molecule has 5 heteroatoms. The molecule has 5 nitrogen and oxygen atoms in total. The third-order valence-electron chi connectivity index (χ3n) is 3.66. The summed E-state index contributed by atoms with van der Waals surface area (Å²) >= 11 is 0. The molecule has 1 aliphatic heterocycles. The smallest absolute Gasteiger partial charge is 0.225 e. The predicted octanol–water partition coefficient (Wildman–Crippen LogP) is 1.11. The Morgan fingerprint density at radius 3 is 2.95 bits per heavy atom. The number of aromatic nitrogens is 1. The van der Waals surface area contributed by atoms with Crippen molar-refractivity contribution >= 4 is 5.91 Å². The van der Waals surface area contributed by atoms with Crippen molar-refractivity contribution < 1.29 is 9.53 Å². The standard InChI is InChI=1S/C14H21N3O2/c1-19-12(10-15)9-14(18)17-8-2-3-13(17)11-4-6-16-7-5-11/h4-7,12-13H,2-3,8-10,15H2,1H3. The van der Waals surface area contributed by atoms with Gasteiger partial charge in [-0.25, -0.2) is 0 Å². The highest BCUT2D eigenvalue weighted by Crippen LogP contribution is 2.32. The maximum absolute atomic E-state index is 12.3. The fraction of sp³-hybridized carbons (Fsp3) is 0.571. The van der Waals surface area contributed by atoms with E-state index in [9.17, 15) is 4.79 Å². The summed E-state index contributed by atoms with van der Waals surface area (Å²) in [5.74, 6) is 0.122. The summed E-state index contributed by atoms with van der Waals surface area (Å²) in [6.07, 6.45) is 5.76. The molecule has 1 saturated heterocycles. The number of amides is 1. The molecule has 0 aliphatic carbocycles. The number of carbonyl (C=O) groups is 1. The minimum atomic E-state index is -0.189. The number of hydrogen-bond donors (Lipinski definition) is 1. The maximum Gasteiger partial charge on any atom is 0.225 e. The normalized spacial score (nSPS) is 20.5. The Kier molecular flexibility index (Phi) is 4.87. The molecule has 2 rings (SSSR count). The fourth-order valence-corrected chi connectivity index (χ4v) is 2.57. The summed E-state index contributed by atoms with van der Waals surface area (Å²) in [6, 6.07) is 4.13. The topological polar surface area (TPSA) is 68.5 Å². The molecular formula is C14H21N3O2. The first kappa shape index (κ1) is 14.0. The molecule has 1 aromatic heterocycles. The van der Waals surface area contributed by atoms with E-state index in [2.05, 4.69) is 4.98 Å². The van der Waals surface area contributed by atoms with E-state index in [-0.39, 0.29) is 18.1 Å². The lowest BCUT2D eigenvalue weighted by atomic mass is 10.1. The molecule has 104 valence electrons. The van der Waals surface area contributed by atoms with Crippen LogP contribution in [0.1, 0.15) is 30.9 Å². The first-order valence-corrected chi connectivity index (χ1v) is 6.68. The average molecular weight is 263 g/mol. The summed E-state index contributed by atoms with van der Waals surface area (Å²) in [4.78, 5) is 18.3. The Bertz CT molecular complexity index is 406. The van der Waals surface area contributed by atoms with Crippen LogP contribution >= 0.6 is 0 Å². The molecule has 0 bridgehead atoms. The van der Waals surface area contributed by atoms with Gasteiger partial charge in [0.2, 0.25) is 5.91 Å². The van der Waals surface area contributed by atoms with Gasteiger partial charge in [-0.1, -0.05) is 0 Å². The molecule has 2 N–H and O–H groups in total. The van der Waals surface area contributed by atoms with Crippen molar-refractivity contribution in [1.29, 1.82) is 0 Å². The summed E-state index contributed by atoms with van der Waals surface area (Å²) < 4.78 is 5.19. The Labute approximate surface area is 113 Å². The van der Waals surface area contributed by atoms with E-state index in [4.69, 9.17) is 10.5 Å². The number of rotatable bonds is 5. The zero-order chi connectivity index (χ0) is 13.7. The van der Waals surface area contributed by atoms with Crippen LogP contribution in [0.4, 0.5) is 0 Å². The Balaban J connectivity index is 2.04. The molecule has 1 amide bonds. The number of nitrogens with zero attached hydrogens (tertiary/aromatic N) is 2. The van der Waals surface area contributed by atoms with Gasteiger partial charge in [0.15, 0.2) is 0 Å². The number of pyridine rings is 1. The molecule has 0 spiro atoms. The highest BCUT2D eigenvalue weighted by molar-refractivity contribution is 5.77. The van der Waals surface area contributed by atoms with E-state index < -0.39 is 0 Å². The van der Waals surface area contributed by atoms with Crippen LogP contribution in [-0.4, -0.2) is 42.1 Å². The van der Waals surface area contributed by atoms with Gasteiger partial charge >= 0.3 is 0 Å². The van der Waals surface area contributed by atoms with Crippen molar-refractivity contribution in [3.63, 3.8) is 0 Å². The molecule has 19 heavy (non-hydrogen) atoms. The SMILES string of the molecule is COC(CN)CC(=O)N1CCCC1c1ccncc1. The molecule has 2 heterocycles. The molecule has 0 saturated carbocycles. The van der Waals surface area contributed by atoms with Gasteiger partial charge in [-0.2, -0.15) is 0 Å². The first-order chi connectivity index (χ1) is 9.26. The monoisotopic (exact) mass is 263 g/mol. The molecule has 1 aliphatic rings. The zero-order valence-corrected chi connectivity index (χ0v) is 11.3. The first-order valence-electron chi connectivity index (χ1n) is 6.68. The summed E-state index contributed by atoms with van der Waals surface area (Å²) in [5.41, 5.74) is 6.73. The maximum atomic E-state index is 12.3. The van der Waals surface area contributed by atoms with E-state index >= 15 is 0 Å². The van der Waals surface area contributed by atoms with Gasteiger partial charge in [-0.05, 0) is 30.5 Å². The lowest BCUT2D eigenvalue weighted by molar-refractivity contribution is -0.134. The average Bonchev–Trinajstić information content (AvgIpc) is 2.95. The van der Waals surface area contributed by atoms with Crippen molar-refractivity contribution in [2.75, 3.05) is 20.2 Å². The van der Waals surface area contributed by atoms with Gasteiger partial charge in [0.05, 0.1) is 18.6 Å². The summed E-state index contributed by atoms with van der Waals surface area (Å²) in [5, 5.41) is 0. The van der Waals surface area contributed by atoms with Crippen LogP contribution in [0, 0.1) is 0 Å². The van der Waals surface area contributed by atoms with Crippen molar-refractivity contribution in [1.82, 2.24) is 9.88 Å². The van der Waals surface area contributed by atoms with Gasteiger partial charge in [-0.15, -0.1) is 0 Å².